The van der Waals surface area contributed by atoms with E-state index in [9.17, 15) is 4.79 Å². The lowest BCUT2D eigenvalue weighted by Gasteiger charge is -2.06. The molecule has 0 unspecified atom stereocenters. The van der Waals surface area contributed by atoms with Crippen molar-refractivity contribution in [1.29, 1.82) is 0 Å². The highest BCUT2D eigenvalue weighted by atomic mass is 32.1. The minimum atomic E-state index is -0.823. The third kappa shape index (κ3) is 2.15. The van der Waals surface area contributed by atoms with Crippen LogP contribution in [0.3, 0.4) is 0 Å². The molecule has 19 heavy (non-hydrogen) atoms. The average Bonchev–Trinajstić information content (AvgIpc) is 2.96. The molecule has 0 amide bonds. The van der Waals surface area contributed by atoms with E-state index in [0.29, 0.717) is 0 Å². The zero-order chi connectivity index (χ0) is 13.4. The van der Waals surface area contributed by atoms with E-state index in [2.05, 4.69) is 12.1 Å². The molecule has 0 aliphatic heterocycles. The maximum Gasteiger partial charge on any atom is 0.323 e. The van der Waals surface area contributed by atoms with E-state index in [4.69, 9.17) is 5.11 Å². The fourth-order valence-electron chi connectivity index (χ4n) is 2.32. The molecule has 3 rings (SSSR count). The summed E-state index contributed by atoms with van der Waals surface area (Å²) in [4.78, 5) is 12.2. The SMILES string of the molecule is Cc1ccc2c(c1)cc(-c1cccs1)n2CC(=O)O. The van der Waals surface area contributed by atoms with Gasteiger partial charge in [0.1, 0.15) is 6.54 Å². The van der Waals surface area contributed by atoms with Gasteiger partial charge in [-0.2, -0.15) is 0 Å². The second-order valence-electron chi connectivity index (χ2n) is 4.55. The molecule has 96 valence electrons. The zero-order valence-corrected chi connectivity index (χ0v) is 11.3. The largest absolute Gasteiger partial charge is 0.480 e. The summed E-state index contributed by atoms with van der Waals surface area (Å²) >= 11 is 1.62. The van der Waals surface area contributed by atoms with Gasteiger partial charge in [-0.25, -0.2) is 0 Å². The highest BCUT2D eigenvalue weighted by Crippen LogP contribution is 2.31. The second kappa shape index (κ2) is 4.55. The zero-order valence-electron chi connectivity index (χ0n) is 10.5. The first-order valence-corrected chi connectivity index (χ1v) is 6.88. The summed E-state index contributed by atoms with van der Waals surface area (Å²) < 4.78 is 1.86. The fraction of sp³-hybridized carbons (Fsp3) is 0.133. The molecule has 0 aliphatic carbocycles. The Morgan fingerprint density at radius 1 is 1.32 bits per heavy atom. The van der Waals surface area contributed by atoms with Crippen LogP contribution in [0.5, 0.6) is 0 Å². The highest BCUT2D eigenvalue weighted by Gasteiger charge is 2.13. The van der Waals surface area contributed by atoms with Crippen molar-refractivity contribution >= 4 is 28.2 Å². The van der Waals surface area contributed by atoms with Gasteiger partial charge in [-0.3, -0.25) is 4.79 Å². The number of carboxylic acids is 1. The van der Waals surface area contributed by atoms with E-state index in [0.717, 1.165) is 21.5 Å². The predicted molar refractivity (Wildman–Crippen MR) is 77.6 cm³/mol. The molecule has 0 spiro atoms. The average molecular weight is 271 g/mol. The minimum absolute atomic E-state index is 0.0141. The third-order valence-electron chi connectivity index (χ3n) is 3.12. The molecule has 1 aromatic carbocycles. The predicted octanol–water partition coefficient (Wildman–Crippen LogP) is 3.76. The van der Waals surface area contributed by atoms with Crippen LogP contribution in [0.1, 0.15) is 5.56 Å². The lowest BCUT2D eigenvalue weighted by atomic mass is 10.2. The van der Waals surface area contributed by atoms with Gasteiger partial charge in [0.15, 0.2) is 0 Å². The number of fused-ring (bicyclic) bond motifs is 1. The van der Waals surface area contributed by atoms with E-state index >= 15 is 0 Å². The smallest absolute Gasteiger partial charge is 0.323 e. The molecule has 0 bridgehead atoms. The molecule has 2 heterocycles. The first-order valence-electron chi connectivity index (χ1n) is 6.01. The lowest BCUT2D eigenvalue weighted by Crippen LogP contribution is -2.09. The van der Waals surface area contributed by atoms with Crippen molar-refractivity contribution in [2.24, 2.45) is 0 Å². The van der Waals surface area contributed by atoms with Crippen molar-refractivity contribution in [3.63, 3.8) is 0 Å². The first kappa shape index (κ1) is 12.0. The summed E-state index contributed by atoms with van der Waals surface area (Å²) in [6, 6.07) is 12.2. The van der Waals surface area contributed by atoms with Crippen molar-refractivity contribution in [1.82, 2.24) is 4.57 Å². The normalized spacial score (nSPS) is 11.0. The number of benzene rings is 1. The Bertz CT molecular complexity index is 741. The number of aryl methyl sites for hydroxylation is 1. The third-order valence-corrected chi connectivity index (χ3v) is 4.02. The van der Waals surface area contributed by atoms with Crippen LogP contribution in [0.15, 0.2) is 41.8 Å². The summed E-state index contributed by atoms with van der Waals surface area (Å²) in [5.41, 5.74) is 3.12. The Balaban J connectivity index is 2.27. The molecular formula is C15H13NO2S. The van der Waals surface area contributed by atoms with Crippen molar-refractivity contribution in [2.75, 3.05) is 0 Å². The Labute approximate surface area is 114 Å². The van der Waals surface area contributed by atoms with Crippen LogP contribution in [0.2, 0.25) is 0 Å². The van der Waals surface area contributed by atoms with Gasteiger partial charge in [-0.15, -0.1) is 11.3 Å². The molecule has 1 N–H and O–H groups in total. The molecule has 3 aromatic rings. The van der Waals surface area contributed by atoms with E-state index < -0.39 is 5.97 Å². The number of aliphatic carboxylic acids is 1. The van der Waals surface area contributed by atoms with Gasteiger partial charge in [0.05, 0.1) is 10.6 Å². The van der Waals surface area contributed by atoms with Gasteiger partial charge in [0, 0.05) is 10.9 Å². The van der Waals surface area contributed by atoms with Crippen LogP contribution in [0, 0.1) is 6.92 Å². The number of rotatable bonds is 3. The maximum atomic E-state index is 11.1. The van der Waals surface area contributed by atoms with Crippen LogP contribution in [0.4, 0.5) is 0 Å². The molecule has 0 saturated carbocycles. The van der Waals surface area contributed by atoms with E-state index in [1.807, 2.05) is 41.1 Å². The molecule has 0 aliphatic rings. The molecular weight excluding hydrogens is 258 g/mol. The summed E-state index contributed by atoms with van der Waals surface area (Å²) in [6.07, 6.45) is 0. The quantitative estimate of drug-likeness (QED) is 0.788. The number of hydrogen-bond donors (Lipinski definition) is 1. The molecule has 0 fully saturated rings. The Kier molecular flexibility index (Phi) is 2.87. The number of hydrogen-bond acceptors (Lipinski definition) is 2. The highest BCUT2D eigenvalue weighted by molar-refractivity contribution is 7.13. The monoisotopic (exact) mass is 271 g/mol. The Morgan fingerprint density at radius 3 is 2.84 bits per heavy atom. The van der Waals surface area contributed by atoms with E-state index in [1.54, 1.807) is 11.3 Å². The standard InChI is InChI=1S/C15H13NO2S/c1-10-4-5-12-11(7-10)8-13(14-3-2-6-19-14)16(12)9-15(17)18/h2-8H,9H2,1H3,(H,17,18). The van der Waals surface area contributed by atoms with Crippen LogP contribution in [0.25, 0.3) is 21.5 Å². The molecule has 3 nitrogen and oxygen atoms in total. The van der Waals surface area contributed by atoms with Crippen LogP contribution in [-0.2, 0) is 11.3 Å². The van der Waals surface area contributed by atoms with Gasteiger partial charge in [-0.05, 0) is 36.6 Å². The molecule has 4 heteroatoms. The number of nitrogens with zero attached hydrogens (tertiary/aromatic N) is 1. The number of thiophene rings is 1. The first-order chi connectivity index (χ1) is 9.15. The Hall–Kier alpha value is -2.07. The van der Waals surface area contributed by atoms with Gasteiger partial charge < -0.3 is 9.67 Å². The molecule has 2 aromatic heterocycles. The van der Waals surface area contributed by atoms with Gasteiger partial charge in [-0.1, -0.05) is 17.7 Å². The van der Waals surface area contributed by atoms with Crippen molar-refractivity contribution in [2.45, 2.75) is 13.5 Å². The van der Waals surface area contributed by atoms with Gasteiger partial charge >= 0.3 is 5.97 Å². The number of carboxylic acid groups (broad SMARTS) is 1. The van der Waals surface area contributed by atoms with Crippen LogP contribution in [-0.4, -0.2) is 15.6 Å². The minimum Gasteiger partial charge on any atom is -0.480 e. The fourth-order valence-corrected chi connectivity index (χ4v) is 3.08. The maximum absolute atomic E-state index is 11.1. The molecule has 0 saturated heterocycles. The number of carbonyl (C=O) groups is 1. The van der Waals surface area contributed by atoms with Crippen LogP contribution >= 0.6 is 11.3 Å². The van der Waals surface area contributed by atoms with Crippen molar-refractivity contribution in [3.05, 3.63) is 47.3 Å². The van der Waals surface area contributed by atoms with Crippen LogP contribution < -0.4 is 0 Å². The molecule has 0 atom stereocenters. The van der Waals surface area contributed by atoms with Gasteiger partial charge in [0.25, 0.3) is 0 Å². The lowest BCUT2D eigenvalue weighted by molar-refractivity contribution is -0.137. The topological polar surface area (TPSA) is 42.2 Å². The molecule has 0 radical (unpaired) electrons. The summed E-state index contributed by atoms with van der Waals surface area (Å²) in [7, 11) is 0. The summed E-state index contributed by atoms with van der Waals surface area (Å²) in [5.74, 6) is -0.823. The van der Waals surface area contributed by atoms with Gasteiger partial charge in [0.2, 0.25) is 0 Å². The summed E-state index contributed by atoms with van der Waals surface area (Å²) in [6.45, 7) is 2.03. The second-order valence-corrected chi connectivity index (χ2v) is 5.50. The number of aromatic nitrogens is 1. The summed E-state index contributed by atoms with van der Waals surface area (Å²) in [5, 5.41) is 12.2. The van der Waals surface area contributed by atoms with E-state index in [-0.39, 0.29) is 6.54 Å². The van der Waals surface area contributed by atoms with Crippen molar-refractivity contribution in [3.8, 4) is 10.6 Å². The Morgan fingerprint density at radius 2 is 2.16 bits per heavy atom. The van der Waals surface area contributed by atoms with E-state index in [1.165, 1.54) is 5.56 Å². The van der Waals surface area contributed by atoms with Crippen molar-refractivity contribution < 1.29 is 9.90 Å².